The van der Waals surface area contributed by atoms with E-state index in [4.69, 9.17) is 17.0 Å². The Bertz CT molecular complexity index is 821. The van der Waals surface area contributed by atoms with Gasteiger partial charge in [-0.1, -0.05) is 0 Å². The molecule has 7 heteroatoms. The van der Waals surface area contributed by atoms with Crippen LogP contribution in [0.15, 0.2) is 23.0 Å². The molecule has 0 radical (unpaired) electrons. The summed E-state index contributed by atoms with van der Waals surface area (Å²) in [6, 6.07) is 4.83. The van der Waals surface area contributed by atoms with Crippen molar-refractivity contribution in [2.45, 2.75) is 31.9 Å². The fourth-order valence-corrected chi connectivity index (χ4v) is 2.89. The van der Waals surface area contributed by atoms with Crippen LogP contribution >= 0.6 is 12.2 Å². The van der Waals surface area contributed by atoms with Crippen molar-refractivity contribution >= 4 is 29.0 Å². The van der Waals surface area contributed by atoms with Crippen LogP contribution in [-0.2, 0) is 4.74 Å². The second kappa shape index (κ2) is 6.02. The van der Waals surface area contributed by atoms with Crippen molar-refractivity contribution in [1.82, 2.24) is 15.3 Å². The second-order valence-corrected chi connectivity index (χ2v) is 5.89. The molecule has 1 saturated heterocycles. The number of fused-ring (bicyclic) bond motifs is 1. The third-order valence-electron chi connectivity index (χ3n) is 3.88. The lowest BCUT2D eigenvalue weighted by atomic mass is 10.1. The number of amides is 1. The summed E-state index contributed by atoms with van der Waals surface area (Å²) in [4.78, 5) is 29.5. The normalized spacial score (nSPS) is 19.2. The van der Waals surface area contributed by atoms with E-state index in [1.165, 1.54) is 0 Å². The summed E-state index contributed by atoms with van der Waals surface area (Å²) in [5.74, 6) is -0.190. The lowest BCUT2D eigenvalue weighted by molar-refractivity contribution is 0.0712. The molecular weight excluding hydrogens is 302 g/mol. The van der Waals surface area contributed by atoms with E-state index < -0.39 is 0 Å². The fraction of sp³-hybridized carbons (Fsp3) is 0.400. The molecule has 2 heterocycles. The van der Waals surface area contributed by atoms with Gasteiger partial charge in [-0.05, 0) is 50.2 Å². The third-order valence-corrected chi connectivity index (χ3v) is 4.09. The van der Waals surface area contributed by atoms with Gasteiger partial charge in [0.05, 0.1) is 23.0 Å². The van der Waals surface area contributed by atoms with Crippen molar-refractivity contribution < 1.29 is 9.53 Å². The first-order valence-electron chi connectivity index (χ1n) is 7.23. The largest absolute Gasteiger partial charge is 0.376 e. The number of aromatic nitrogens is 2. The molecule has 0 bridgehead atoms. The van der Waals surface area contributed by atoms with Crippen LogP contribution < -0.4 is 10.9 Å². The second-order valence-electron chi connectivity index (χ2n) is 5.48. The van der Waals surface area contributed by atoms with E-state index in [1.54, 1.807) is 18.2 Å². The number of rotatable bonds is 3. The molecule has 2 aromatic rings. The van der Waals surface area contributed by atoms with Gasteiger partial charge in [0.2, 0.25) is 0 Å². The maximum Gasteiger partial charge on any atom is 0.259 e. The topological polar surface area (TPSA) is 87.0 Å². The molecule has 0 saturated carbocycles. The van der Waals surface area contributed by atoms with Gasteiger partial charge in [-0.3, -0.25) is 14.6 Å². The van der Waals surface area contributed by atoms with E-state index in [9.17, 15) is 9.59 Å². The maximum absolute atomic E-state index is 12.3. The minimum Gasteiger partial charge on any atom is -0.376 e. The van der Waals surface area contributed by atoms with Crippen LogP contribution in [0.5, 0.6) is 0 Å². The Hall–Kier alpha value is -1.99. The maximum atomic E-state index is 12.3. The molecule has 1 fully saturated rings. The number of hydrogen-bond acceptors (Lipinski definition) is 4. The zero-order valence-electron chi connectivity index (χ0n) is 12.1. The average Bonchev–Trinajstić information content (AvgIpc) is 3.00. The summed E-state index contributed by atoms with van der Waals surface area (Å²) < 4.78 is 5.81. The summed E-state index contributed by atoms with van der Waals surface area (Å²) in [7, 11) is 0. The van der Waals surface area contributed by atoms with Gasteiger partial charge >= 0.3 is 0 Å². The molecular formula is C15H17N3O3S. The molecule has 2 atom stereocenters. The molecule has 0 aliphatic carbocycles. The van der Waals surface area contributed by atoms with Crippen LogP contribution in [-0.4, -0.2) is 34.6 Å². The lowest BCUT2D eigenvalue weighted by Crippen LogP contribution is -2.40. The molecule has 116 valence electrons. The molecule has 1 aromatic heterocycles. The lowest BCUT2D eigenvalue weighted by Gasteiger charge is -2.20. The third kappa shape index (κ3) is 2.95. The Kier molecular flexibility index (Phi) is 4.08. The number of H-pyrrole nitrogens is 2. The molecule has 0 unspecified atom stereocenters. The van der Waals surface area contributed by atoms with Gasteiger partial charge in [0, 0.05) is 12.2 Å². The Morgan fingerprint density at radius 2 is 2.27 bits per heavy atom. The van der Waals surface area contributed by atoms with Gasteiger partial charge in [-0.25, -0.2) is 0 Å². The number of nitrogens with one attached hydrogen (secondary N) is 3. The Balaban J connectivity index is 1.84. The van der Waals surface area contributed by atoms with E-state index >= 15 is 0 Å². The zero-order valence-corrected chi connectivity index (χ0v) is 13.0. The van der Waals surface area contributed by atoms with Gasteiger partial charge in [0.15, 0.2) is 4.77 Å². The molecule has 1 aromatic carbocycles. The van der Waals surface area contributed by atoms with Gasteiger partial charge in [0.25, 0.3) is 11.5 Å². The van der Waals surface area contributed by atoms with E-state index in [2.05, 4.69) is 15.3 Å². The summed E-state index contributed by atoms with van der Waals surface area (Å²) in [5.41, 5.74) is 0.762. The Morgan fingerprint density at radius 3 is 3.00 bits per heavy atom. The van der Waals surface area contributed by atoms with Crippen molar-refractivity contribution in [3.8, 4) is 0 Å². The van der Waals surface area contributed by atoms with E-state index in [0.717, 1.165) is 19.4 Å². The minimum absolute atomic E-state index is 0.0524. The van der Waals surface area contributed by atoms with Crippen molar-refractivity contribution in [3.05, 3.63) is 38.9 Å². The first kappa shape index (κ1) is 14.9. The Morgan fingerprint density at radius 1 is 1.45 bits per heavy atom. The Labute approximate surface area is 131 Å². The first-order valence-corrected chi connectivity index (χ1v) is 7.64. The smallest absolute Gasteiger partial charge is 0.259 e. The highest BCUT2D eigenvalue weighted by atomic mass is 32.1. The van der Waals surface area contributed by atoms with Crippen LogP contribution in [0.25, 0.3) is 10.9 Å². The number of hydrogen-bond donors (Lipinski definition) is 3. The minimum atomic E-state index is -0.265. The van der Waals surface area contributed by atoms with Crippen LogP contribution in [0, 0.1) is 4.77 Å². The number of benzene rings is 1. The molecule has 1 amide bonds. The first-order chi connectivity index (χ1) is 10.5. The predicted molar refractivity (Wildman–Crippen MR) is 85.7 cm³/mol. The van der Waals surface area contributed by atoms with Crippen LogP contribution in [0.4, 0.5) is 0 Å². The summed E-state index contributed by atoms with van der Waals surface area (Å²) >= 11 is 4.95. The van der Waals surface area contributed by atoms with Gasteiger partial charge in [-0.15, -0.1) is 0 Å². The summed E-state index contributed by atoms with van der Waals surface area (Å²) in [6.07, 6.45) is 2.06. The molecule has 6 nitrogen and oxygen atoms in total. The molecule has 3 N–H and O–H groups in total. The highest BCUT2D eigenvalue weighted by Gasteiger charge is 2.24. The van der Waals surface area contributed by atoms with Gasteiger partial charge < -0.3 is 15.0 Å². The van der Waals surface area contributed by atoms with Crippen LogP contribution in [0.3, 0.4) is 0 Å². The highest BCUT2D eigenvalue weighted by Crippen LogP contribution is 2.16. The van der Waals surface area contributed by atoms with Crippen LogP contribution in [0.2, 0.25) is 0 Å². The molecule has 1 aliphatic heterocycles. The van der Waals surface area contributed by atoms with Crippen LogP contribution in [0.1, 0.15) is 30.1 Å². The number of carbonyl (C=O) groups excluding carboxylic acids is 1. The molecule has 22 heavy (non-hydrogen) atoms. The van der Waals surface area contributed by atoms with Crippen molar-refractivity contribution in [2.24, 2.45) is 0 Å². The average molecular weight is 319 g/mol. The summed E-state index contributed by atoms with van der Waals surface area (Å²) in [5, 5.41) is 3.41. The van der Waals surface area contributed by atoms with Crippen molar-refractivity contribution in [2.75, 3.05) is 6.61 Å². The number of aromatic amines is 2. The molecule has 1 aliphatic rings. The van der Waals surface area contributed by atoms with E-state index in [-0.39, 0.29) is 28.4 Å². The SMILES string of the molecule is C[C@@H](NC(=O)c1ccc2c(=O)[nH]c(=S)[nH]c2c1)[C@H]1CCCO1. The molecule has 0 spiro atoms. The van der Waals surface area contributed by atoms with Crippen molar-refractivity contribution in [1.29, 1.82) is 0 Å². The number of ether oxygens (including phenoxy) is 1. The van der Waals surface area contributed by atoms with E-state index in [1.807, 2.05) is 6.92 Å². The van der Waals surface area contributed by atoms with E-state index in [0.29, 0.717) is 16.5 Å². The quantitative estimate of drug-likeness (QED) is 0.754. The summed E-state index contributed by atoms with van der Waals surface area (Å²) in [6.45, 7) is 2.69. The highest BCUT2D eigenvalue weighted by molar-refractivity contribution is 7.71. The molecule has 3 rings (SSSR count). The number of carbonyl (C=O) groups is 1. The predicted octanol–water partition coefficient (Wildman–Crippen LogP) is 1.88. The zero-order chi connectivity index (χ0) is 15.7. The fourth-order valence-electron chi connectivity index (χ4n) is 2.69. The monoisotopic (exact) mass is 319 g/mol. The standard InChI is InChI=1S/C15H17N3O3S/c1-8(12-3-2-6-21-12)16-13(19)9-4-5-10-11(7-9)17-15(22)18-14(10)20/h4-5,7-8,12H,2-3,6H2,1H3,(H,16,19)(H2,17,18,20,22)/t8-,12-/m1/s1. The van der Waals surface area contributed by atoms with Gasteiger partial charge in [0.1, 0.15) is 0 Å². The van der Waals surface area contributed by atoms with Gasteiger partial charge in [-0.2, -0.15) is 0 Å². The van der Waals surface area contributed by atoms with Crippen molar-refractivity contribution in [3.63, 3.8) is 0 Å².